The van der Waals surface area contributed by atoms with E-state index in [1.165, 1.54) is 48.9 Å². The number of likely N-dealkylation sites (tertiary alicyclic amines) is 1. The van der Waals surface area contributed by atoms with Crippen molar-refractivity contribution in [1.29, 1.82) is 0 Å². The van der Waals surface area contributed by atoms with Gasteiger partial charge in [0, 0.05) is 25.2 Å². The van der Waals surface area contributed by atoms with Gasteiger partial charge in [0.1, 0.15) is 11.4 Å². The molecule has 0 radical (unpaired) electrons. The van der Waals surface area contributed by atoms with Crippen molar-refractivity contribution >= 4 is 0 Å². The molecule has 0 bridgehead atoms. The highest BCUT2D eigenvalue weighted by molar-refractivity contribution is 5.46. The topological polar surface area (TPSA) is 19.0 Å². The van der Waals surface area contributed by atoms with Gasteiger partial charge in [-0.1, -0.05) is 43.2 Å². The van der Waals surface area contributed by atoms with Crippen molar-refractivity contribution in [1.82, 2.24) is 14.7 Å². The van der Waals surface area contributed by atoms with E-state index in [0.29, 0.717) is 18.7 Å². The Bertz CT molecular complexity index is 1010. The van der Waals surface area contributed by atoms with Gasteiger partial charge in [-0.15, -0.1) is 0 Å². The van der Waals surface area contributed by atoms with E-state index in [1.807, 2.05) is 12.1 Å². The van der Waals surface area contributed by atoms with Crippen LogP contribution in [0.1, 0.15) is 60.8 Å². The molecule has 2 aromatic rings. The molecule has 2 fully saturated rings. The third-order valence-electron chi connectivity index (χ3n) is 8.74. The summed E-state index contributed by atoms with van der Waals surface area (Å²) in [6.45, 7) is 3.81. The van der Waals surface area contributed by atoms with Crippen LogP contribution in [0.2, 0.25) is 0 Å². The summed E-state index contributed by atoms with van der Waals surface area (Å²) in [5.41, 5.74) is 4.51. The third-order valence-corrected chi connectivity index (χ3v) is 8.74. The number of hydrogen-bond donors (Lipinski definition) is 0. The number of likely N-dealkylation sites (N-methyl/N-ethyl adjacent to an activating group) is 1. The summed E-state index contributed by atoms with van der Waals surface area (Å²) in [6, 6.07) is 15.3. The predicted molar refractivity (Wildman–Crippen MR) is 140 cm³/mol. The fourth-order valence-corrected chi connectivity index (χ4v) is 7.01. The maximum atomic E-state index is 13.7. The lowest BCUT2D eigenvalue weighted by atomic mass is 9.81. The highest BCUT2D eigenvalue weighted by atomic mass is 19.1. The molecule has 4 nitrogen and oxygen atoms in total. The van der Waals surface area contributed by atoms with E-state index in [0.717, 1.165) is 37.4 Å². The molecule has 0 aromatic heterocycles. The first-order valence-corrected chi connectivity index (χ1v) is 13.4. The van der Waals surface area contributed by atoms with E-state index in [9.17, 15) is 4.39 Å². The number of nitrogens with zero attached hydrogens (tertiary/aromatic N) is 3. The van der Waals surface area contributed by atoms with Gasteiger partial charge in [-0.2, -0.15) is 0 Å². The van der Waals surface area contributed by atoms with Crippen molar-refractivity contribution < 1.29 is 9.13 Å². The van der Waals surface area contributed by atoms with E-state index >= 15 is 0 Å². The molecule has 4 unspecified atom stereocenters. The van der Waals surface area contributed by atoms with Crippen LogP contribution in [-0.2, 0) is 23.5 Å². The normalized spacial score (nSPS) is 28.6. The van der Waals surface area contributed by atoms with Crippen LogP contribution in [-0.4, -0.2) is 68.1 Å². The minimum Gasteiger partial charge on any atom is -0.361 e. The first-order chi connectivity index (χ1) is 16.9. The van der Waals surface area contributed by atoms with Crippen molar-refractivity contribution in [3.05, 3.63) is 70.5 Å². The molecule has 4 atom stereocenters. The van der Waals surface area contributed by atoms with E-state index < -0.39 is 5.60 Å². The van der Waals surface area contributed by atoms with E-state index in [2.05, 4.69) is 61.1 Å². The Morgan fingerprint density at radius 1 is 1.03 bits per heavy atom. The molecule has 0 spiro atoms. The van der Waals surface area contributed by atoms with Crippen LogP contribution >= 0.6 is 0 Å². The molecule has 5 heteroatoms. The van der Waals surface area contributed by atoms with E-state index in [4.69, 9.17) is 4.74 Å². The van der Waals surface area contributed by atoms with Crippen molar-refractivity contribution in [3.8, 4) is 0 Å². The molecule has 2 aromatic carbocycles. The molecule has 1 aliphatic carbocycles. The minimum absolute atomic E-state index is 0.201. The second-order valence-corrected chi connectivity index (χ2v) is 11.5. The average Bonchev–Trinajstić information content (AvgIpc) is 3.39. The zero-order valence-electron chi connectivity index (χ0n) is 22.0. The quantitative estimate of drug-likeness (QED) is 0.515. The van der Waals surface area contributed by atoms with Crippen molar-refractivity contribution in [3.63, 3.8) is 0 Å². The summed E-state index contributed by atoms with van der Waals surface area (Å²) in [5, 5.41) is 0. The molecular weight excluding hydrogens is 437 g/mol. The van der Waals surface area contributed by atoms with Crippen LogP contribution in [0.3, 0.4) is 0 Å². The number of ether oxygens (including phenoxy) is 1. The van der Waals surface area contributed by atoms with Gasteiger partial charge in [-0.05, 0) is 101 Å². The number of halogens is 1. The fourth-order valence-electron chi connectivity index (χ4n) is 7.01. The third kappa shape index (κ3) is 4.93. The van der Waals surface area contributed by atoms with Crippen LogP contribution < -0.4 is 0 Å². The summed E-state index contributed by atoms with van der Waals surface area (Å²) >= 11 is 0. The summed E-state index contributed by atoms with van der Waals surface area (Å²) in [6.07, 6.45) is 7.37. The molecule has 35 heavy (non-hydrogen) atoms. The lowest BCUT2D eigenvalue weighted by Crippen LogP contribution is -2.37. The Morgan fingerprint density at radius 3 is 2.54 bits per heavy atom. The summed E-state index contributed by atoms with van der Waals surface area (Å²) in [4.78, 5) is 7.41. The second-order valence-electron chi connectivity index (χ2n) is 11.5. The number of fused-ring (bicyclic) bond motifs is 2. The van der Waals surface area contributed by atoms with Crippen molar-refractivity contribution in [2.75, 3.05) is 41.3 Å². The van der Waals surface area contributed by atoms with Gasteiger partial charge in [0.25, 0.3) is 0 Å². The van der Waals surface area contributed by atoms with Gasteiger partial charge in [-0.3, -0.25) is 4.90 Å². The summed E-state index contributed by atoms with van der Waals surface area (Å²) < 4.78 is 20.4. The van der Waals surface area contributed by atoms with Crippen LogP contribution in [0.15, 0.2) is 42.5 Å². The van der Waals surface area contributed by atoms with Gasteiger partial charge < -0.3 is 14.5 Å². The van der Waals surface area contributed by atoms with Crippen molar-refractivity contribution in [2.24, 2.45) is 5.92 Å². The lowest BCUT2D eigenvalue weighted by molar-refractivity contribution is -0.0140. The van der Waals surface area contributed by atoms with Gasteiger partial charge in [0.15, 0.2) is 0 Å². The van der Waals surface area contributed by atoms with Crippen LogP contribution in [0, 0.1) is 11.7 Å². The zero-order chi connectivity index (χ0) is 24.6. The molecule has 5 rings (SSSR count). The largest absolute Gasteiger partial charge is 0.361 e. The number of benzene rings is 2. The Kier molecular flexibility index (Phi) is 7.32. The second kappa shape index (κ2) is 10.3. The van der Waals surface area contributed by atoms with Gasteiger partial charge >= 0.3 is 0 Å². The smallest absolute Gasteiger partial charge is 0.123 e. The highest BCUT2D eigenvalue weighted by Crippen LogP contribution is 2.46. The monoisotopic (exact) mass is 479 g/mol. The molecule has 3 aliphatic rings. The number of rotatable bonds is 8. The molecule has 0 N–H and O–H groups in total. The van der Waals surface area contributed by atoms with Gasteiger partial charge in [0.05, 0.1) is 6.61 Å². The molecule has 2 heterocycles. The maximum absolute atomic E-state index is 13.7. The SMILES string of the molecule is CN(C)CCCC1(c2ccc(F)cc2)OCc2cc(CN3CC(N(C)C)C4CCCCC43)ccc21. The van der Waals surface area contributed by atoms with Gasteiger partial charge in [-0.25, -0.2) is 4.39 Å². The standard InChI is InChI=1S/C30H42FN3O/c1-32(2)17-7-16-30(24-11-13-25(31)14-12-24)27-15-10-22(18-23(27)21-35-30)19-34-20-29(33(3)4)26-8-5-6-9-28(26)34/h10-15,18,26,28-29H,5-9,16-17,19-21H2,1-4H3. The highest BCUT2D eigenvalue weighted by Gasteiger charge is 2.44. The summed E-state index contributed by atoms with van der Waals surface area (Å²) in [5.74, 6) is 0.604. The molecule has 190 valence electrons. The Morgan fingerprint density at radius 2 is 1.80 bits per heavy atom. The van der Waals surface area contributed by atoms with E-state index in [-0.39, 0.29) is 5.82 Å². The first kappa shape index (κ1) is 24.9. The maximum Gasteiger partial charge on any atom is 0.123 e. The Hall–Kier alpha value is -1.79. The Balaban J connectivity index is 1.39. The van der Waals surface area contributed by atoms with E-state index in [1.54, 1.807) is 12.1 Å². The summed E-state index contributed by atoms with van der Waals surface area (Å²) in [7, 11) is 8.71. The van der Waals surface area contributed by atoms with Crippen LogP contribution in [0.5, 0.6) is 0 Å². The molecule has 1 saturated carbocycles. The Labute approximate surface area is 211 Å². The zero-order valence-corrected chi connectivity index (χ0v) is 22.0. The van der Waals surface area contributed by atoms with Crippen LogP contribution in [0.25, 0.3) is 0 Å². The molecular formula is C30H42FN3O. The molecule has 2 aliphatic heterocycles. The first-order valence-electron chi connectivity index (χ1n) is 13.4. The minimum atomic E-state index is -0.490. The molecule has 0 amide bonds. The molecule has 1 saturated heterocycles. The fraction of sp³-hybridized carbons (Fsp3) is 0.600. The average molecular weight is 480 g/mol. The number of hydrogen-bond acceptors (Lipinski definition) is 4. The lowest BCUT2D eigenvalue weighted by Gasteiger charge is -2.33. The van der Waals surface area contributed by atoms with Crippen LogP contribution in [0.4, 0.5) is 4.39 Å². The van der Waals surface area contributed by atoms with Gasteiger partial charge in [0.2, 0.25) is 0 Å². The van der Waals surface area contributed by atoms with Crippen molar-refractivity contribution in [2.45, 2.75) is 69.4 Å². The predicted octanol–water partition coefficient (Wildman–Crippen LogP) is 5.25.